The van der Waals surface area contributed by atoms with Crippen LogP contribution >= 0.6 is 0 Å². The number of amides is 1. The summed E-state index contributed by atoms with van der Waals surface area (Å²) in [6.07, 6.45) is 1.72. The summed E-state index contributed by atoms with van der Waals surface area (Å²) in [7, 11) is -2.16. The number of imidazole rings is 1. The fourth-order valence-corrected chi connectivity index (χ4v) is 4.48. The molecule has 1 aromatic heterocycles. The Morgan fingerprint density at radius 3 is 2.43 bits per heavy atom. The standard InChI is InChI=1S/C17H19F3N4O3S/c1-11-21-14(10-22(11)2)28(26,27)24-7-3-6-23(8-9-24)17(25)12-4-5-13(18)16(20)15(12)19/h4-5,10H,3,6-9H2,1-2H3. The van der Waals surface area contributed by atoms with Gasteiger partial charge in [0, 0.05) is 39.4 Å². The summed E-state index contributed by atoms with van der Waals surface area (Å²) < 4.78 is 68.8. The Labute approximate surface area is 160 Å². The highest BCUT2D eigenvalue weighted by molar-refractivity contribution is 7.89. The van der Waals surface area contributed by atoms with E-state index < -0.39 is 38.9 Å². The van der Waals surface area contributed by atoms with Crippen molar-refractivity contribution >= 4 is 15.9 Å². The minimum absolute atomic E-state index is 0.0116. The van der Waals surface area contributed by atoms with Crippen molar-refractivity contribution in [2.45, 2.75) is 18.4 Å². The molecule has 0 spiro atoms. The van der Waals surface area contributed by atoms with Crippen LogP contribution in [-0.4, -0.2) is 59.3 Å². The third-order valence-corrected chi connectivity index (χ3v) is 6.47. The Bertz CT molecular complexity index is 1000. The van der Waals surface area contributed by atoms with Gasteiger partial charge in [-0.3, -0.25) is 4.79 Å². The van der Waals surface area contributed by atoms with E-state index in [2.05, 4.69) is 4.98 Å². The molecule has 0 aliphatic carbocycles. The average Bonchev–Trinajstić information content (AvgIpc) is 2.86. The zero-order valence-electron chi connectivity index (χ0n) is 15.3. The maximum absolute atomic E-state index is 13.9. The molecule has 2 aromatic rings. The Hall–Kier alpha value is -2.40. The number of hydrogen-bond donors (Lipinski definition) is 0. The molecule has 1 fully saturated rings. The molecule has 0 radical (unpaired) electrons. The Kier molecular flexibility index (Phi) is 5.48. The lowest BCUT2D eigenvalue weighted by atomic mass is 10.1. The third-order valence-electron chi connectivity index (χ3n) is 4.70. The normalized spacial score (nSPS) is 16.2. The second-order valence-electron chi connectivity index (χ2n) is 6.51. The van der Waals surface area contributed by atoms with Crippen molar-refractivity contribution in [3.05, 3.63) is 47.2 Å². The summed E-state index contributed by atoms with van der Waals surface area (Å²) in [5.41, 5.74) is -0.587. The summed E-state index contributed by atoms with van der Waals surface area (Å²) in [5.74, 6) is -4.92. The summed E-state index contributed by atoms with van der Waals surface area (Å²) in [6, 6.07) is 1.57. The lowest BCUT2D eigenvalue weighted by Crippen LogP contribution is -2.37. The number of aromatic nitrogens is 2. The van der Waals surface area contributed by atoms with E-state index in [1.54, 1.807) is 18.5 Å². The summed E-state index contributed by atoms with van der Waals surface area (Å²) in [5, 5.41) is -0.0843. The van der Waals surface area contributed by atoms with Crippen molar-refractivity contribution in [2.24, 2.45) is 7.05 Å². The molecular weight excluding hydrogens is 397 g/mol. The highest BCUT2D eigenvalue weighted by Crippen LogP contribution is 2.20. The second kappa shape index (κ2) is 7.55. The Morgan fingerprint density at radius 2 is 1.79 bits per heavy atom. The monoisotopic (exact) mass is 416 g/mol. The molecule has 3 rings (SSSR count). The number of carbonyl (C=O) groups is 1. The fraction of sp³-hybridized carbons (Fsp3) is 0.412. The highest BCUT2D eigenvalue weighted by Gasteiger charge is 2.31. The summed E-state index contributed by atoms with van der Waals surface area (Å²) in [4.78, 5) is 17.8. The second-order valence-corrected chi connectivity index (χ2v) is 8.39. The molecule has 1 aliphatic rings. The molecule has 7 nitrogen and oxygen atoms in total. The van der Waals surface area contributed by atoms with Gasteiger partial charge < -0.3 is 9.47 Å². The van der Waals surface area contributed by atoms with E-state index in [1.807, 2.05) is 0 Å². The van der Waals surface area contributed by atoms with Gasteiger partial charge in [-0.05, 0) is 25.5 Å². The third kappa shape index (κ3) is 3.63. The minimum Gasteiger partial charge on any atom is -0.337 e. The molecule has 152 valence electrons. The Balaban J connectivity index is 1.78. The number of benzene rings is 1. The van der Waals surface area contributed by atoms with Crippen molar-refractivity contribution in [1.29, 1.82) is 0 Å². The molecule has 28 heavy (non-hydrogen) atoms. The van der Waals surface area contributed by atoms with Crippen molar-refractivity contribution < 1.29 is 26.4 Å². The topological polar surface area (TPSA) is 75.5 Å². The number of hydrogen-bond acceptors (Lipinski definition) is 4. The van der Waals surface area contributed by atoms with Gasteiger partial charge in [-0.1, -0.05) is 0 Å². The van der Waals surface area contributed by atoms with Gasteiger partial charge in [0.1, 0.15) is 5.82 Å². The van der Waals surface area contributed by atoms with E-state index >= 15 is 0 Å². The van der Waals surface area contributed by atoms with Gasteiger partial charge >= 0.3 is 0 Å². The van der Waals surface area contributed by atoms with Crippen LogP contribution in [0.25, 0.3) is 0 Å². The van der Waals surface area contributed by atoms with Crippen molar-refractivity contribution in [3.8, 4) is 0 Å². The molecule has 0 N–H and O–H groups in total. The predicted octanol–water partition coefficient (Wildman–Crippen LogP) is 1.68. The van der Waals surface area contributed by atoms with Crippen LogP contribution in [0.3, 0.4) is 0 Å². The summed E-state index contributed by atoms with van der Waals surface area (Å²) >= 11 is 0. The molecule has 2 heterocycles. The van der Waals surface area contributed by atoms with Gasteiger partial charge in [0.25, 0.3) is 15.9 Å². The molecule has 1 aliphatic heterocycles. The van der Waals surface area contributed by atoms with Crippen molar-refractivity contribution in [2.75, 3.05) is 26.2 Å². The lowest BCUT2D eigenvalue weighted by molar-refractivity contribution is 0.0758. The maximum atomic E-state index is 13.9. The van der Waals surface area contributed by atoms with Crippen LogP contribution in [0, 0.1) is 24.4 Å². The SMILES string of the molecule is Cc1nc(S(=O)(=O)N2CCCN(C(=O)c3ccc(F)c(F)c3F)CC2)cn1C. The van der Waals surface area contributed by atoms with Crippen LogP contribution < -0.4 is 0 Å². The smallest absolute Gasteiger partial charge is 0.262 e. The molecule has 0 saturated carbocycles. The largest absolute Gasteiger partial charge is 0.337 e. The highest BCUT2D eigenvalue weighted by atomic mass is 32.2. The fourth-order valence-electron chi connectivity index (χ4n) is 2.98. The van der Waals surface area contributed by atoms with Crippen LogP contribution in [0.15, 0.2) is 23.4 Å². The first kappa shape index (κ1) is 20.3. The average molecular weight is 416 g/mol. The molecule has 11 heteroatoms. The molecule has 1 saturated heterocycles. The van der Waals surface area contributed by atoms with Gasteiger partial charge in [0.05, 0.1) is 5.56 Å². The van der Waals surface area contributed by atoms with Crippen LogP contribution in [-0.2, 0) is 17.1 Å². The molecule has 1 aromatic carbocycles. The first-order valence-corrected chi connectivity index (χ1v) is 10.00. The predicted molar refractivity (Wildman–Crippen MR) is 93.5 cm³/mol. The molecule has 0 atom stereocenters. The van der Waals surface area contributed by atoms with Crippen LogP contribution in [0.5, 0.6) is 0 Å². The molecular formula is C17H19F3N4O3S. The first-order valence-electron chi connectivity index (χ1n) is 8.56. The van der Waals surface area contributed by atoms with E-state index in [9.17, 15) is 26.4 Å². The quantitative estimate of drug-likeness (QED) is 0.714. The van der Waals surface area contributed by atoms with Crippen LogP contribution in [0.4, 0.5) is 13.2 Å². The lowest BCUT2D eigenvalue weighted by Gasteiger charge is -2.21. The van der Waals surface area contributed by atoms with Crippen molar-refractivity contribution in [3.63, 3.8) is 0 Å². The number of carbonyl (C=O) groups excluding carboxylic acids is 1. The minimum atomic E-state index is -3.84. The van der Waals surface area contributed by atoms with Crippen LogP contribution in [0.1, 0.15) is 22.6 Å². The van der Waals surface area contributed by atoms with Crippen molar-refractivity contribution in [1.82, 2.24) is 18.8 Å². The van der Waals surface area contributed by atoms with Gasteiger partial charge in [-0.2, -0.15) is 4.31 Å². The number of halogens is 3. The van der Waals surface area contributed by atoms with E-state index in [4.69, 9.17) is 0 Å². The maximum Gasteiger partial charge on any atom is 0.262 e. The number of aryl methyl sites for hydroxylation is 2. The zero-order chi connectivity index (χ0) is 20.6. The van der Waals surface area contributed by atoms with Gasteiger partial charge in [0.15, 0.2) is 22.5 Å². The zero-order valence-corrected chi connectivity index (χ0v) is 16.1. The van der Waals surface area contributed by atoms with Gasteiger partial charge in [-0.15, -0.1) is 0 Å². The van der Waals surface area contributed by atoms with Gasteiger partial charge in [-0.25, -0.2) is 26.6 Å². The number of rotatable bonds is 3. The van der Waals surface area contributed by atoms with Gasteiger partial charge in [0.2, 0.25) is 0 Å². The Morgan fingerprint density at radius 1 is 1.07 bits per heavy atom. The number of nitrogens with zero attached hydrogens (tertiary/aromatic N) is 4. The van der Waals surface area contributed by atoms with E-state index in [1.165, 1.54) is 15.4 Å². The molecule has 1 amide bonds. The van der Waals surface area contributed by atoms with E-state index in [0.29, 0.717) is 18.3 Å². The molecule has 0 unspecified atom stereocenters. The van der Waals surface area contributed by atoms with E-state index in [-0.39, 0.29) is 31.2 Å². The first-order chi connectivity index (χ1) is 13.1. The number of sulfonamides is 1. The molecule has 0 bridgehead atoms. The summed E-state index contributed by atoms with van der Waals surface area (Å²) in [6.45, 7) is 1.96. The van der Waals surface area contributed by atoms with Crippen LogP contribution in [0.2, 0.25) is 0 Å². The van der Waals surface area contributed by atoms with E-state index in [0.717, 1.165) is 6.07 Å².